The highest BCUT2D eigenvalue weighted by Gasteiger charge is 2.39. The predicted octanol–water partition coefficient (Wildman–Crippen LogP) is 4.49. The first-order valence-electron chi connectivity index (χ1n) is 11.4. The van der Waals surface area contributed by atoms with Gasteiger partial charge in [-0.3, -0.25) is 24.8 Å². The van der Waals surface area contributed by atoms with Crippen molar-refractivity contribution in [1.29, 1.82) is 0 Å². The summed E-state index contributed by atoms with van der Waals surface area (Å²) in [6, 6.07) is 8.60. The minimum Gasteiger partial charge on any atom is -0.444 e. The van der Waals surface area contributed by atoms with Crippen LogP contribution in [-0.4, -0.2) is 46.3 Å². The molecule has 1 atom stereocenters. The highest BCUT2D eigenvalue weighted by Crippen LogP contribution is 2.38. The number of carbonyl (C=O) groups excluding carboxylic acids is 3. The Morgan fingerprint density at radius 3 is 2.58 bits per heavy atom. The Morgan fingerprint density at radius 1 is 1.25 bits per heavy atom. The first-order chi connectivity index (χ1) is 16.8. The molecule has 3 rings (SSSR count). The normalized spacial score (nSPS) is 17.6. The number of guanidine groups is 1. The van der Waals surface area contributed by atoms with Gasteiger partial charge in [-0.1, -0.05) is 29.7 Å². The van der Waals surface area contributed by atoms with Gasteiger partial charge in [-0.25, -0.2) is 9.79 Å². The third-order valence-corrected chi connectivity index (χ3v) is 5.78. The highest BCUT2D eigenvalue weighted by atomic mass is 35.5. The molecule has 0 radical (unpaired) electrons. The lowest BCUT2D eigenvalue weighted by molar-refractivity contribution is -0.128. The molecule has 1 aliphatic rings. The molecule has 188 valence electrons. The second-order valence-electron chi connectivity index (χ2n) is 9.69. The third-order valence-electron chi connectivity index (χ3n) is 5.45. The van der Waals surface area contributed by atoms with E-state index in [9.17, 15) is 14.4 Å². The third kappa shape index (κ3) is 6.49. The van der Waals surface area contributed by atoms with E-state index < -0.39 is 17.2 Å². The summed E-state index contributed by atoms with van der Waals surface area (Å²) in [6.45, 7) is 8.71. The van der Waals surface area contributed by atoms with Gasteiger partial charge in [0, 0.05) is 30.3 Å². The Balaban J connectivity index is 1.89. The van der Waals surface area contributed by atoms with Crippen LogP contribution in [0.4, 0.5) is 4.79 Å². The lowest BCUT2D eigenvalue weighted by Crippen LogP contribution is -2.52. The molecule has 36 heavy (non-hydrogen) atoms. The fourth-order valence-electron chi connectivity index (χ4n) is 3.69. The topological polar surface area (TPSA) is 101 Å². The van der Waals surface area contributed by atoms with Gasteiger partial charge in [-0.15, -0.1) is 5.92 Å². The number of alkyl carbamates (subject to hydrolysis) is 1. The Bertz CT molecular complexity index is 1290. The highest BCUT2D eigenvalue weighted by molar-refractivity contribution is 6.31. The van der Waals surface area contributed by atoms with E-state index >= 15 is 0 Å². The Hall–Kier alpha value is -3.70. The fraction of sp³-hybridized carbons (Fsp3) is 0.370. The van der Waals surface area contributed by atoms with Crippen molar-refractivity contribution < 1.29 is 19.1 Å². The molecule has 1 aromatic carbocycles. The van der Waals surface area contributed by atoms with Crippen molar-refractivity contribution in [3.05, 3.63) is 63.9 Å². The molecule has 0 fully saturated rings. The van der Waals surface area contributed by atoms with Crippen LogP contribution in [0.2, 0.25) is 5.02 Å². The zero-order valence-corrected chi connectivity index (χ0v) is 22.0. The number of ketones is 1. The van der Waals surface area contributed by atoms with Crippen molar-refractivity contribution in [1.82, 2.24) is 15.2 Å². The largest absolute Gasteiger partial charge is 0.444 e. The van der Waals surface area contributed by atoms with E-state index in [1.54, 1.807) is 71.1 Å². The number of halogens is 1. The van der Waals surface area contributed by atoms with Gasteiger partial charge in [0.2, 0.25) is 11.9 Å². The molecule has 0 aliphatic carbocycles. The molecule has 1 aromatic heterocycles. The maximum absolute atomic E-state index is 12.8. The number of amides is 2. The Kier molecular flexibility index (Phi) is 7.85. The van der Waals surface area contributed by atoms with Crippen LogP contribution < -0.4 is 5.32 Å². The number of hydrogen-bond donors (Lipinski definition) is 1. The average Bonchev–Trinajstić information content (AvgIpc) is 2.78. The molecule has 0 saturated heterocycles. The number of ether oxygens (including phenoxy) is 1. The maximum atomic E-state index is 12.8. The molecule has 2 aromatic rings. The van der Waals surface area contributed by atoms with Gasteiger partial charge in [-0.05, 0) is 63.9 Å². The van der Waals surface area contributed by atoms with Crippen molar-refractivity contribution in [3.8, 4) is 11.8 Å². The lowest BCUT2D eigenvalue weighted by atomic mass is 9.86. The molecule has 0 bridgehead atoms. The van der Waals surface area contributed by atoms with E-state index in [1.165, 1.54) is 11.9 Å². The molecule has 8 nitrogen and oxygen atoms in total. The van der Waals surface area contributed by atoms with Crippen LogP contribution in [0.3, 0.4) is 0 Å². The van der Waals surface area contributed by atoms with Crippen molar-refractivity contribution in [2.45, 2.75) is 58.6 Å². The van der Waals surface area contributed by atoms with Gasteiger partial charge >= 0.3 is 6.09 Å². The zero-order chi connectivity index (χ0) is 26.7. The maximum Gasteiger partial charge on any atom is 0.414 e. The smallest absolute Gasteiger partial charge is 0.414 e. The molecule has 2 heterocycles. The van der Waals surface area contributed by atoms with Crippen LogP contribution in [0.15, 0.2) is 41.5 Å². The second-order valence-corrected chi connectivity index (χ2v) is 10.1. The SMILES string of the molecule is CC#Cc1ccc(C(=O)Cc2ccc(Cl)c([C@]3(C)CC(=O)N(C)C(NC(=O)OC(C)(C)C)=N3)c2)nc1. The fourth-order valence-corrected chi connectivity index (χ4v) is 4.01. The van der Waals surface area contributed by atoms with Gasteiger partial charge in [0.25, 0.3) is 0 Å². The molecule has 9 heteroatoms. The summed E-state index contributed by atoms with van der Waals surface area (Å²) in [4.78, 5) is 48.2. The van der Waals surface area contributed by atoms with Gasteiger partial charge in [-0.2, -0.15) is 0 Å². The first kappa shape index (κ1) is 26.9. The van der Waals surface area contributed by atoms with Gasteiger partial charge in [0.15, 0.2) is 5.78 Å². The molecule has 1 aliphatic heterocycles. The summed E-state index contributed by atoms with van der Waals surface area (Å²) >= 11 is 6.53. The van der Waals surface area contributed by atoms with Crippen molar-refractivity contribution in [2.24, 2.45) is 4.99 Å². The number of nitrogens with zero attached hydrogens (tertiary/aromatic N) is 3. The van der Waals surface area contributed by atoms with Crippen LogP contribution in [0.1, 0.15) is 68.2 Å². The monoisotopic (exact) mass is 508 g/mol. The van der Waals surface area contributed by atoms with E-state index in [0.717, 1.165) is 5.56 Å². The number of aliphatic imine (C=N–C) groups is 1. The minimum atomic E-state index is -1.07. The zero-order valence-electron chi connectivity index (χ0n) is 21.2. The predicted molar refractivity (Wildman–Crippen MR) is 138 cm³/mol. The number of Topliss-reactive ketones (excluding diaryl/α,β-unsaturated/α-hetero) is 1. The van der Waals surface area contributed by atoms with Crippen molar-refractivity contribution in [3.63, 3.8) is 0 Å². The van der Waals surface area contributed by atoms with E-state index in [0.29, 0.717) is 21.8 Å². The van der Waals surface area contributed by atoms with Crippen LogP contribution in [0.25, 0.3) is 0 Å². The molecule has 0 saturated carbocycles. The molecule has 2 amide bonds. The molecule has 0 unspecified atom stereocenters. The number of rotatable bonds is 4. The van der Waals surface area contributed by atoms with Crippen LogP contribution in [0.5, 0.6) is 0 Å². The summed E-state index contributed by atoms with van der Waals surface area (Å²) < 4.78 is 5.30. The number of benzene rings is 1. The summed E-state index contributed by atoms with van der Waals surface area (Å²) in [5, 5.41) is 2.96. The number of nitrogens with one attached hydrogen (secondary N) is 1. The standard InChI is InChI=1S/C27H29ClN4O4/c1-7-8-17-10-12-21(29-16-17)22(33)14-18-9-11-20(28)19(13-18)27(5)15-23(34)32(6)24(31-27)30-25(35)36-26(2,3)4/h9-13,16H,14-15H2,1-6H3,(H,30,31,35)/t27-/m0/s1. The summed E-state index contributed by atoms with van der Waals surface area (Å²) in [7, 11) is 1.53. The number of carbonyl (C=O) groups is 3. The van der Waals surface area contributed by atoms with Crippen LogP contribution in [0, 0.1) is 11.8 Å². The van der Waals surface area contributed by atoms with Crippen LogP contribution >= 0.6 is 11.6 Å². The van der Waals surface area contributed by atoms with Crippen LogP contribution in [-0.2, 0) is 21.5 Å². The number of aromatic nitrogens is 1. The lowest BCUT2D eigenvalue weighted by Gasteiger charge is -2.35. The molecular formula is C27H29ClN4O4. The molecule has 1 N–H and O–H groups in total. The van der Waals surface area contributed by atoms with E-state index in [4.69, 9.17) is 16.3 Å². The quantitative estimate of drug-likeness (QED) is 0.484. The summed E-state index contributed by atoms with van der Waals surface area (Å²) in [6.07, 6.45) is 0.962. The second kappa shape index (κ2) is 10.5. The van der Waals surface area contributed by atoms with E-state index in [2.05, 4.69) is 27.1 Å². The average molecular weight is 509 g/mol. The summed E-state index contributed by atoms with van der Waals surface area (Å²) in [5.41, 5.74) is 0.549. The van der Waals surface area contributed by atoms with E-state index in [1.807, 2.05) is 0 Å². The molecular weight excluding hydrogens is 480 g/mol. The summed E-state index contributed by atoms with van der Waals surface area (Å²) in [5.74, 6) is 5.32. The van der Waals surface area contributed by atoms with Gasteiger partial charge < -0.3 is 4.74 Å². The minimum absolute atomic E-state index is 0.0294. The van der Waals surface area contributed by atoms with Crippen molar-refractivity contribution >= 4 is 35.3 Å². The first-order valence-corrected chi connectivity index (χ1v) is 11.8. The van der Waals surface area contributed by atoms with Gasteiger partial charge in [0.1, 0.15) is 11.3 Å². The number of pyridine rings is 1. The van der Waals surface area contributed by atoms with E-state index in [-0.39, 0.29) is 30.5 Å². The Labute approximate surface area is 216 Å². The molecule has 0 spiro atoms. The van der Waals surface area contributed by atoms with Gasteiger partial charge in [0.05, 0.1) is 12.0 Å². The van der Waals surface area contributed by atoms with Crippen molar-refractivity contribution in [2.75, 3.05) is 7.05 Å². The number of hydrogen-bond acceptors (Lipinski definition) is 6. The Morgan fingerprint density at radius 2 is 1.97 bits per heavy atom.